The van der Waals surface area contributed by atoms with Crippen LogP contribution in [-0.2, 0) is 20.0 Å². The molecule has 1 aliphatic rings. The zero-order valence-corrected chi connectivity index (χ0v) is 12.8. The highest BCUT2D eigenvalue weighted by Crippen LogP contribution is 2.24. The van der Waals surface area contributed by atoms with Gasteiger partial charge in [0, 0.05) is 20.0 Å². The lowest BCUT2D eigenvalue weighted by Gasteiger charge is -2.19. The number of fused-ring (bicyclic) bond motifs is 1. The molecule has 21 heavy (non-hydrogen) atoms. The lowest BCUT2D eigenvalue weighted by Crippen LogP contribution is -2.23. The third-order valence-corrected chi connectivity index (χ3v) is 4.09. The molecule has 0 bridgehead atoms. The summed E-state index contributed by atoms with van der Waals surface area (Å²) in [5.74, 6) is 1.89. The van der Waals surface area contributed by atoms with Crippen LogP contribution in [0.1, 0.15) is 37.5 Å². The minimum atomic E-state index is -0.322. The van der Waals surface area contributed by atoms with E-state index in [4.69, 9.17) is 11.6 Å². The molecule has 0 fully saturated rings. The van der Waals surface area contributed by atoms with Gasteiger partial charge in [-0.25, -0.2) is 4.68 Å². The van der Waals surface area contributed by atoms with Crippen LogP contribution in [0.25, 0.3) is 0 Å². The Hall–Kier alpha value is -1.89. The first-order chi connectivity index (χ1) is 10.1. The predicted molar refractivity (Wildman–Crippen MR) is 79.5 cm³/mol. The molecule has 0 saturated heterocycles. The van der Waals surface area contributed by atoms with Crippen LogP contribution in [0.5, 0.6) is 0 Å². The van der Waals surface area contributed by atoms with E-state index in [9.17, 15) is 4.79 Å². The molecule has 3 heterocycles. The van der Waals surface area contributed by atoms with Gasteiger partial charge in [-0.3, -0.25) is 4.79 Å². The summed E-state index contributed by atoms with van der Waals surface area (Å²) in [5, 5.41) is 15.8. The summed E-state index contributed by atoms with van der Waals surface area (Å²) in [6.07, 6.45) is 4.81. The number of aromatic nitrogens is 5. The number of hydrogen-bond acceptors (Lipinski definition) is 5. The van der Waals surface area contributed by atoms with Crippen LogP contribution in [0.2, 0.25) is 5.02 Å². The highest BCUT2D eigenvalue weighted by Gasteiger charge is 2.21. The van der Waals surface area contributed by atoms with Crippen LogP contribution in [0.4, 0.5) is 5.69 Å². The fourth-order valence-electron chi connectivity index (χ4n) is 2.56. The Morgan fingerprint density at radius 2 is 2.19 bits per heavy atom. The van der Waals surface area contributed by atoms with Gasteiger partial charge in [-0.2, -0.15) is 5.10 Å². The molecule has 112 valence electrons. The number of nitrogens with zero attached hydrogens (tertiary/aromatic N) is 5. The zero-order valence-electron chi connectivity index (χ0n) is 12.0. The molecule has 0 aliphatic carbocycles. The fraction of sp³-hybridized carbons (Fsp3) is 0.538. The zero-order chi connectivity index (χ0) is 15.0. The van der Waals surface area contributed by atoms with E-state index < -0.39 is 0 Å². The van der Waals surface area contributed by atoms with Crippen molar-refractivity contribution in [2.24, 2.45) is 7.05 Å². The van der Waals surface area contributed by atoms with E-state index >= 15 is 0 Å². The Kier molecular flexibility index (Phi) is 3.67. The van der Waals surface area contributed by atoms with Gasteiger partial charge in [0.05, 0.1) is 17.9 Å². The van der Waals surface area contributed by atoms with Crippen molar-refractivity contribution in [2.45, 2.75) is 38.8 Å². The van der Waals surface area contributed by atoms with Gasteiger partial charge in [0.15, 0.2) is 5.82 Å². The van der Waals surface area contributed by atoms with Gasteiger partial charge < -0.3 is 9.88 Å². The largest absolute Gasteiger partial charge is 0.373 e. The molecule has 0 saturated carbocycles. The van der Waals surface area contributed by atoms with E-state index in [1.807, 2.05) is 6.92 Å². The van der Waals surface area contributed by atoms with Crippen molar-refractivity contribution in [3.63, 3.8) is 0 Å². The van der Waals surface area contributed by atoms with Crippen molar-refractivity contribution in [2.75, 3.05) is 5.32 Å². The van der Waals surface area contributed by atoms with Crippen molar-refractivity contribution in [3.8, 4) is 0 Å². The first-order valence-electron chi connectivity index (χ1n) is 6.98. The molecule has 0 radical (unpaired) electrons. The minimum Gasteiger partial charge on any atom is -0.373 e. The maximum Gasteiger partial charge on any atom is 0.287 e. The standard InChI is InChI=1S/C13H17ClN6O/c1-8(12-18-17-10-5-3-4-6-20(10)12)16-9-7-15-19(2)13(21)11(9)14/h7-8,16H,3-6H2,1-2H3. The second kappa shape index (κ2) is 5.48. The third kappa shape index (κ3) is 2.53. The maximum absolute atomic E-state index is 11.8. The molecule has 1 unspecified atom stereocenters. The van der Waals surface area contributed by atoms with Crippen molar-refractivity contribution in [1.29, 1.82) is 0 Å². The number of halogens is 1. The van der Waals surface area contributed by atoms with Gasteiger partial charge in [0.25, 0.3) is 5.56 Å². The maximum atomic E-state index is 11.8. The van der Waals surface area contributed by atoms with Crippen molar-refractivity contribution in [1.82, 2.24) is 24.5 Å². The monoisotopic (exact) mass is 308 g/mol. The van der Waals surface area contributed by atoms with E-state index in [0.29, 0.717) is 5.69 Å². The second-order valence-corrected chi connectivity index (χ2v) is 5.63. The van der Waals surface area contributed by atoms with E-state index in [1.165, 1.54) is 4.68 Å². The normalized spacial score (nSPS) is 15.6. The topological polar surface area (TPSA) is 77.6 Å². The average Bonchev–Trinajstić information content (AvgIpc) is 2.92. The van der Waals surface area contributed by atoms with Gasteiger partial charge in [-0.1, -0.05) is 11.6 Å². The first kappa shape index (κ1) is 14.1. The third-order valence-electron chi connectivity index (χ3n) is 3.73. The summed E-state index contributed by atoms with van der Waals surface area (Å²) < 4.78 is 3.35. The predicted octanol–water partition coefficient (Wildman–Crippen LogP) is 1.53. The van der Waals surface area contributed by atoms with Crippen molar-refractivity contribution >= 4 is 17.3 Å². The molecule has 2 aromatic heterocycles. The summed E-state index contributed by atoms with van der Waals surface area (Å²) in [5.41, 5.74) is 0.192. The fourth-order valence-corrected chi connectivity index (χ4v) is 2.79. The smallest absolute Gasteiger partial charge is 0.287 e. The molecule has 0 amide bonds. The summed E-state index contributed by atoms with van der Waals surface area (Å²) in [6, 6.07) is -0.101. The number of anilines is 1. The Morgan fingerprint density at radius 3 is 3.00 bits per heavy atom. The minimum absolute atomic E-state index is 0.101. The molecule has 1 atom stereocenters. The van der Waals surface area contributed by atoms with Crippen LogP contribution in [0.3, 0.4) is 0 Å². The van der Waals surface area contributed by atoms with Crippen LogP contribution in [0, 0.1) is 0 Å². The van der Waals surface area contributed by atoms with Crippen molar-refractivity contribution < 1.29 is 0 Å². The van der Waals surface area contributed by atoms with E-state index in [1.54, 1.807) is 13.2 Å². The Bertz CT molecular complexity index is 722. The lowest BCUT2D eigenvalue weighted by molar-refractivity contribution is 0.500. The molecular formula is C13H17ClN6O. The molecule has 3 rings (SSSR count). The molecule has 0 spiro atoms. The van der Waals surface area contributed by atoms with Crippen LogP contribution < -0.4 is 10.9 Å². The van der Waals surface area contributed by atoms with Gasteiger partial charge in [-0.15, -0.1) is 10.2 Å². The number of hydrogen-bond donors (Lipinski definition) is 1. The first-order valence-corrected chi connectivity index (χ1v) is 7.36. The molecule has 8 heteroatoms. The van der Waals surface area contributed by atoms with Crippen LogP contribution in [-0.4, -0.2) is 24.5 Å². The second-order valence-electron chi connectivity index (χ2n) is 5.25. The Morgan fingerprint density at radius 1 is 1.38 bits per heavy atom. The summed E-state index contributed by atoms with van der Waals surface area (Å²) in [4.78, 5) is 11.8. The van der Waals surface area contributed by atoms with Gasteiger partial charge in [0.1, 0.15) is 10.8 Å². The summed E-state index contributed by atoms with van der Waals surface area (Å²) >= 11 is 6.07. The Balaban J connectivity index is 1.87. The number of nitrogens with one attached hydrogen (secondary N) is 1. The quantitative estimate of drug-likeness (QED) is 0.930. The molecule has 0 aromatic carbocycles. The molecule has 1 N–H and O–H groups in total. The highest BCUT2D eigenvalue weighted by molar-refractivity contribution is 6.32. The molecule has 2 aromatic rings. The lowest BCUT2D eigenvalue weighted by atomic mass is 10.1. The number of rotatable bonds is 3. The van der Waals surface area contributed by atoms with Gasteiger partial charge >= 0.3 is 0 Å². The van der Waals surface area contributed by atoms with E-state index in [-0.39, 0.29) is 16.6 Å². The van der Waals surface area contributed by atoms with Gasteiger partial charge in [-0.05, 0) is 19.8 Å². The van der Waals surface area contributed by atoms with Crippen LogP contribution in [0.15, 0.2) is 11.0 Å². The van der Waals surface area contributed by atoms with E-state index in [2.05, 4.69) is 25.2 Å². The molecule has 1 aliphatic heterocycles. The SMILES string of the molecule is CC(Nc1cnn(C)c(=O)c1Cl)c1nnc2n1CCCC2. The van der Waals surface area contributed by atoms with Crippen LogP contribution >= 0.6 is 11.6 Å². The molecular weight excluding hydrogens is 292 g/mol. The van der Waals surface area contributed by atoms with Crippen molar-refractivity contribution in [3.05, 3.63) is 33.2 Å². The summed E-state index contributed by atoms with van der Waals surface area (Å²) in [7, 11) is 1.57. The average molecular weight is 309 g/mol. The highest BCUT2D eigenvalue weighted by atomic mass is 35.5. The van der Waals surface area contributed by atoms with Gasteiger partial charge in [0.2, 0.25) is 0 Å². The Labute approximate surface area is 126 Å². The number of aryl methyl sites for hydroxylation is 2. The van der Waals surface area contributed by atoms with E-state index in [0.717, 1.165) is 37.5 Å². The summed E-state index contributed by atoms with van der Waals surface area (Å²) in [6.45, 7) is 2.91. The molecule has 7 nitrogen and oxygen atoms in total.